The molecule has 0 aliphatic heterocycles. The number of para-hydroxylation sites is 1. The van der Waals surface area contributed by atoms with Crippen molar-refractivity contribution in [1.29, 1.82) is 0 Å². The van der Waals surface area contributed by atoms with Crippen molar-refractivity contribution in [3.05, 3.63) is 60.2 Å². The normalized spacial score (nSPS) is 10.7. The van der Waals surface area contributed by atoms with Crippen LogP contribution >= 0.6 is 24.0 Å². The quantitative estimate of drug-likeness (QED) is 0.192. The van der Waals surface area contributed by atoms with Crippen molar-refractivity contribution in [1.82, 2.24) is 10.6 Å². The fourth-order valence-corrected chi connectivity index (χ4v) is 2.39. The van der Waals surface area contributed by atoms with Gasteiger partial charge in [0.1, 0.15) is 12.4 Å². The fraction of sp³-hybridized carbons (Fsp3) is 0.381. The molecule has 0 aliphatic carbocycles. The molecule has 0 aromatic heterocycles. The van der Waals surface area contributed by atoms with E-state index in [1.165, 1.54) is 0 Å². The highest BCUT2D eigenvalue weighted by atomic mass is 127. The number of hydrogen-bond donors (Lipinski definition) is 3. The maximum absolute atomic E-state index is 5.69. The van der Waals surface area contributed by atoms with Gasteiger partial charge in [0.25, 0.3) is 0 Å². The Labute approximate surface area is 185 Å². The van der Waals surface area contributed by atoms with Gasteiger partial charge >= 0.3 is 0 Å². The average molecular weight is 498 g/mol. The van der Waals surface area contributed by atoms with Crippen LogP contribution in [-0.4, -0.2) is 45.9 Å². The number of benzene rings is 2. The Hall–Kier alpha value is -2.00. The predicted molar refractivity (Wildman–Crippen MR) is 127 cm³/mol. The number of anilines is 1. The van der Waals surface area contributed by atoms with Gasteiger partial charge in [-0.05, 0) is 36.8 Å². The summed E-state index contributed by atoms with van der Waals surface area (Å²) in [6, 6.07) is 18.1. The lowest BCUT2D eigenvalue weighted by atomic mass is 10.2. The first-order valence-electron chi connectivity index (χ1n) is 9.33. The minimum absolute atomic E-state index is 0. The summed E-state index contributed by atoms with van der Waals surface area (Å²) in [5.74, 6) is 1.66. The average Bonchev–Trinajstić information content (AvgIpc) is 2.71. The standard InChI is InChI=1S/C21H30N4O2.HI/c1-3-22-21(24-14-16-27-20-7-5-4-6-8-20)25-17-18-9-11-19(12-10-18)23-13-15-26-2;/h4-12,23H,3,13-17H2,1-2H3,(H2,22,24,25);1H. The monoisotopic (exact) mass is 498 g/mol. The molecule has 0 amide bonds. The van der Waals surface area contributed by atoms with E-state index in [0.29, 0.717) is 26.3 Å². The Kier molecular flexibility index (Phi) is 12.9. The number of methoxy groups -OCH3 is 1. The zero-order chi connectivity index (χ0) is 19.2. The second-order valence-electron chi connectivity index (χ2n) is 5.90. The fourth-order valence-electron chi connectivity index (χ4n) is 2.39. The number of ether oxygens (including phenoxy) is 2. The van der Waals surface area contributed by atoms with Gasteiger partial charge in [-0.15, -0.1) is 24.0 Å². The van der Waals surface area contributed by atoms with Gasteiger partial charge in [-0.1, -0.05) is 30.3 Å². The molecule has 0 atom stereocenters. The maximum atomic E-state index is 5.69. The summed E-state index contributed by atoms with van der Waals surface area (Å²) in [4.78, 5) is 4.63. The number of nitrogens with one attached hydrogen (secondary N) is 3. The molecule has 0 fully saturated rings. The van der Waals surface area contributed by atoms with Gasteiger partial charge in [-0.3, -0.25) is 0 Å². The molecule has 0 saturated carbocycles. The molecule has 7 heteroatoms. The van der Waals surface area contributed by atoms with E-state index < -0.39 is 0 Å². The third-order valence-corrected chi connectivity index (χ3v) is 3.76. The lowest BCUT2D eigenvalue weighted by Crippen LogP contribution is -2.39. The SMILES string of the molecule is CCNC(=NCc1ccc(NCCOC)cc1)NCCOc1ccccc1.I. The molecular formula is C21H31IN4O2. The van der Waals surface area contributed by atoms with Crippen LogP contribution in [0.4, 0.5) is 5.69 Å². The first-order valence-corrected chi connectivity index (χ1v) is 9.33. The summed E-state index contributed by atoms with van der Waals surface area (Å²) in [6.45, 7) is 6.24. The summed E-state index contributed by atoms with van der Waals surface area (Å²) in [7, 11) is 1.70. The minimum Gasteiger partial charge on any atom is -0.492 e. The zero-order valence-corrected chi connectivity index (χ0v) is 18.9. The van der Waals surface area contributed by atoms with Gasteiger partial charge in [0.05, 0.1) is 19.7 Å². The molecule has 0 spiro atoms. The molecule has 2 aromatic carbocycles. The van der Waals surface area contributed by atoms with Crippen molar-refractivity contribution >= 4 is 35.6 Å². The molecule has 0 saturated heterocycles. The van der Waals surface area contributed by atoms with Crippen LogP contribution in [0.3, 0.4) is 0 Å². The molecule has 0 unspecified atom stereocenters. The number of guanidine groups is 1. The predicted octanol–water partition coefficient (Wildman–Crippen LogP) is 3.50. The van der Waals surface area contributed by atoms with Crippen molar-refractivity contribution < 1.29 is 9.47 Å². The summed E-state index contributed by atoms with van der Waals surface area (Å²) in [5.41, 5.74) is 2.24. The van der Waals surface area contributed by atoms with Crippen LogP contribution in [0.1, 0.15) is 12.5 Å². The van der Waals surface area contributed by atoms with Crippen LogP contribution in [0.15, 0.2) is 59.6 Å². The Bertz CT molecular complexity index is 666. The van der Waals surface area contributed by atoms with Crippen LogP contribution < -0.4 is 20.7 Å². The van der Waals surface area contributed by atoms with Gasteiger partial charge in [-0.25, -0.2) is 4.99 Å². The van der Waals surface area contributed by atoms with Gasteiger partial charge in [0.15, 0.2) is 5.96 Å². The first-order chi connectivity index (χ1) is 13.3. The summed E-state index contributed by atoms with van der Waals surface area (Å²) in [5, 5.41) is 9.86. The Morgan fingerprint density at radius 3 is 2.36 bits per heavy atom. The van der Waals surface area contributed by atoms with E-state index in [-0.39, 0.29) is 24.0 Å². The van der Waals surface area contributed by atoms with E-state index in [1.807, 2.05) is 30.3 Å². The number of halogens is 1. The van der Waals surface area contributed by atoms with E-state index in [9.17, 15) is 0 Å². The highest BCUT2D eigenvalue weighted by molar-refractivity contribution is 14.0. The van der Waals surface area contributed by atoms with Gasteiger partial charge in [-0.2, -0.15) is 0 Å². The Morgan fingerprint density at radius 1 is 0.929 bits per heavy atom. The lowest BCUT2D eigenvalue weighted by Gasteiger charge is -2.12. The van der Waals surface area contributed by atoms with E-state index >= 15 is 0 Å². The summed E-state index contributed by atoms with van der Waals surface area (Å²) < 4.78 is 10.7. The minimum atomic E-state index is 0. The van der Waals surface area contributed by atoms with E-state index in [1.54, 1.807) is 7.11 Å². The van der Waals surface area contributed by atoms with Crippen LogP contribution in [-0.2, 0) is 11.3 Å². The van der Waals surface area contributed by atoms with Crippen molar-refractivity contribution in [2.24, 2.45) is 4.99 Å². The van der Waals surface area contributed by atoms with Crippen molar-refractivity contribution in [2.75, 3.05) is 45.3 Å². The number of aliphatic imine (C=N–C) groups is 1. The molecule has 2 rings (SSSR count). The largest absolute Gasteiger partial charge is 0.492 e. The number of nitrogens with zero attached hydrogens (tertiary/aromatic N) is 1. The highest BCUT2D eigenvalue weighted by Crippen LogP contribution is 2.10. The third kappa shape index (κ3) is 9.80. The zero-order valence-electron chi connectivity index (χ0n) is 16.6. The van der Waals surface area contributed by atoms with Crippen molar-refractivity contribution in [2.45, 2.75) is 13.5 Å². The van der Waals surface area contributed by atoms with Crippen LogP contribution in [0.5, 0.6) is 5.75 Å². The lowest BCUT2D eigenvalue weighted by molar-refractivity contribution is 0.211. The summed E-state index contributed by atoms with van der Waals surface area (Å²) in [6.07, 6.45) is 0. The number of rotatable bonds is 11. The van der Waals surface area contributed by atoms with E-state index in [0.717, 1.165) is 36.0 Å². The molecule has 0 radical (unpaired) electrons. The molecular weight excluding hydrogens is 467 g/mol. The van der Waals surface area contributed by atoms with Gasteiger partial charge < -0.3 is 25.4 Å². The number of hydrogen-bond acceptors (Lipinski definition) is 4. The highest BCUT2D eigenvalue weighted by Gasteiger charge is 1.99. The van der Waals surface area contributed by atoms with E-state index in [2.05, 4.69) is 52.1 Å². The van der Waals surface area contributed by atoms with E-state index in [4.69, 9.17) is 9.47 Å². The topological polar surface area (TPSA) is 66.9 Å². The maximum Gasteiger partial charge on any atom is 0.191 e. The molecule has 3 N–H and O–H groups in total. The van der Waals surface area contributed by atoms with Crippen molar-refractivity contribution in [3.63, 3.8) is 0 Å². The summed E-state index contributed by atoms with van der Waals surface area (Å²) >= 11 is 0. The molecule has 0 bridgehead atoms. The van der Waals surface area contributed by atoms with Crippen LogP contribution in [0.25, 0.3) is 0 Å². The Morgan fingerprint density at radius 2 is 1.68 bits per heavy atom. The molecule has 6 nitrogen and oxygen atoms in total. The van der Waals surface area contributed by atoms with Gasteiger partial charge in [0.2, 0.25) is 0 Å². The third-order valence-electron chi connectivity index (χ3n) is 3.76. The Balaban J connectivity index is 0.00000392. The van der Waals surface area contributed by atoms with Crippen LogP contribution in [0.2, 0.25) is 0 Å². The molecule has 154 valence electrons. The smallest absolute Gasteiger partial charge is 0.191 e. The first kappa shape index (κ1) is 24.0. The second kappa shape index (κ2) is 15.0. The second-order valence-corrected chi connectivity index (χ2v) is 5.90. The molecule has 0 aliphatic rings. The molecule has 28 heavy (non-hydrogen) atoms. The molecule has 2 aromatic rings. The molecule has 0 heterocycles. The van der Waals surface area contributed by atoms with Crippen molar-refractivity contribution in [3.8, 4) is 5.75 Å². The van der Waals surface area contributed by atoms with Crippen LogP contribution in [0, 0.1) is 0 Å². The van der Waals surface area contributed by atoms with Gasteiger partial charge in [0, 0.05) is 25.9 Å².